The Balaban J connectivity index is 1.28. The summed E-state index contributed by atoms with van der Waals surface area (Å²) in [7, 11) is 0. The lowest BCUT2D eigenvalue weighted by atomic mass is 9.98. The van der Waals surface area contributed by atoms with Gasteiger partial charge in [-0.25, -0.2) is 0 Å². The van der Waals surface area contributed by atoms with E-state index in [0.29, 0.717) is 6.04 Å². The van der Waals surface area contributed by atoms with Crippen molar-refractivity contribution < 1.29 is 0 Å². The fourth-order valence-corrected chi connectivity index (χ4v) is 4.94. The van der Waals surface area contributed by atoms with Crippen molar-refractivity contribution in [1.82, 2.24) is 9.80 Å². The van der Waals surface area contributed by atoms with Crippen molar-refractivity contribution >= 4 is 5.69 Å². The summed E-state index contributed by atoms with van der Waals surface area (Å²) < 4.78 is 0. The smallest absolute Gasteiger partial charge is 0.0396 e. The Morgan fingerprint density at radius 3 is 2.07 bits per heavy atom. The van der Waals surface area contributed by atoms with E-state index < -0.39 is 0 Å². The minimum Gasteiger partial charge on any atom is -0.369 e. The van der Waals surface area contributed by atoms with Crippen LogP contribution in [0.3, 0.4) is 0 Å². The first kappa shape index (κ1) is 19.5. The molecule has 0 aliphatic carbocycles. The number of benzene rings is 2. The van der Waals surface area contributed by atoms with Crippen LogP contribution in [0.2, 0.25) is 0 Å². The number of piperazine rings is 1. The molecule has 2 saturated heterocycles. The third-order valence-electron chi connectivity index (χ3n) is 6.89. The third-order valence-corrected chi connectivity index (χ3v) is 6.89. The molecule has 2 aromatic carbocycles. The quantitative estimate of drug-likeness (QED) is 0.768. The van der Waals surface area contributed by atoms with Crippen molar-refractivity contribution in [2.75, 3.05) is 44.2 Å². The van der Waals surface area contributed by atoms with Gasteiger partial charge in [0.1, 0.15) is 0 Å². The zero-order valence-corrected chi connectivity index (χ0v) is 17.8. The lowest BCUT2D eigenvalue weighted by Gasteiger charge is -2.44. The summed E-state index contributed by atoms with van der Waals surface area (Å²) in [5.41, 5.74) is 5.62. The Morgan fingerprint density at radius 1 is 0.786 bits per heavy atom. The van der Waals surface area contributed by atoms with Gasteiger partial charge in [-0.15, -0.1) is 0 Å². The van der Waals surface area contributed by atoms with Crippen LogP contribution in [0.1, 0.15) is 42.5 Å². The minimum absolute atomic E-state index is 0.527. The summed E-state index contributed by atoms with van der Waals surface area (Å²) in [6.07, 6.45) is 2.61. The van der Waals surface area contributed by atoms with Crippen LogP contribution in [-0.4, -0.2) is 55.1 Å². The molecule has 0 aromatic heterocycles. The number of likely N-dealkylation sites (tertiary alicyclic amines) is 1. The second-order valence-corrected chi connectivity index (χ2v) is 8.66. The Kier molecular flexibility index (Phi) is 6.03. The van der Waals surface area contributed by atoms with E-state index in [0.717, 1.165) is 19.1 Å². The van der Waals surface area contributed by atoms with E-state index in [9.17, 15) is 0 Å². The van der Waals surface area contributed by atoms with Gasteiger partial charge >= 0.3 is 0 Å². The van der Waals surface area contributed by atoms with Crippen LogP contribution in [0.25, 0.3) is 0 Å². The van der Waals surface area contributed by atoms with Crippen molar-refractivity contribution in [3.8, 4) is 0 Å². The van der Waals surface area contributed by atoms with Crippen molar-refractivity contribution in [1.29, 1.82) is 0 Å². The van der Waals surface area contributed by atoms with Gasteiger partial charge < -0.3 is 4.90 Å². The number of anilines is 1. The topological polar surface area (TPSA) is 9.72 Å². The van der Waals surface area contributed by atoms with E-state index in [1.165, 1.54) is 61.4 Å². The number of hydrogen-bond acceptors (Lipinski definition) is 3. The Labute approximate surface area is 171 Å². The second kappa shape index (κ2) is 8.67. The Morgan fingerprint density at radius 2 is 1.43 bits per heavy atom. The number of nitrogens with zero attached hydrogens (tertiary/aromatic N) is 3. The minimum atomic E-state index is 0.527. The maximum absolute atomic E-state index is 2.75. The molecule has 3 nitrogen and oxygen atoms in total. The molecule has 0 saturated carbocycles. The monoisotopic (exact) mass is 377 g/mol. The van der Waals surface area contributed by atoms with Crippen LogP contribution in [0.4, 0.5) is 5.69 Å². The molecule has 2 aromatic rings. The van der Waals surface area contributed by atoms with Crippen LogP contribution in [0.15, 0.2) is 48.5 Å². The highest BCUT2D eigenvalue weighted by molar-refractivity contribution is 5.53. The van der Waals surface area contributed by atoms with E-state index in [-0.39, 0.29) is 0 Å². The van der Waals surface area contributed by atoms with Crippen molar-refractivity contribution in [2.24, 2.45) is 0 Å². The third kappa shape index (κ3) is 4.26. The Hall–Kier alpha value is -1.84. The molecule has 2 aliphatic heterocycles. The molecule has 2 aliphatic rings. The van der Waals surface area contributed by atoms with Gasteiger partial charge in [0.25, 0.3) is 0 Å². The van der Waals surface area contributed by atoms with Gasteiger partial charge in [0.2, 0.25) is 0 Å². The summed E-state index contributed by atoms with van der Waals surface area (Å²) >= 11 is 0. The number of hydrogen-bond donors (Lipinski definition) is 0. The van der Waals surface area contributed by atoms with E-state index in [4.69, 9.17) is 0 Å². The van der Waals surface area contributed by atoms with Crippen LogP contribution in [0.5, 0.6) is 0 Å². The highest BCUT2D eigenvalue weighted by atomic mass is 15.3. The van der Waals surface area contributed by atoms with Gasteiger partial charge in [0.15, 0.2) is 0 Å². The average Bonchev–Trinajstić information content (AvgIpc) is 2.74. The average molecular weight is 378 g/mol. The molecule has 0 N–H and O–H groups in total. The molecule has 1 unspecified atom stereocenters. The second-order valence-electron chi connectivity index (χ2n) is 8.66. The molecule has 2 fully saturated rings. The zero-order chi connectivity index (χ0) is 19.5. The molecule has 0 bridgehead atoms. The van der Waals surface area contributed by atoms with E-state index >= 15 is 0 Å². The lowest BCUT2D eigenvalue weighted by molar-refractivity contribution is 0.0840. The first-order valence-corrected chi connectivity index (χ1v) is 11.0. The summed E-state index contributed by atoms with van der Waals surface area (Å²) in [5.74, 6) is 0. The van der Waals surface area contributed by atoms with Crippen LogP contribution >= 0.6 is 0 Å². The number of rotatable bonds is 4. The van der Waals surface area contributed by atoms with Crippen LogP contribution < -0.4 is 4.90 Å². The number of piperidine rings is 1. The van der Waals surface area contributed by atoms with Crippen molar-refractivity contribution in [2.45, 2.75) is 45.7 Å². The number of para-hydroxylation sites is 1. The molecule has 0 radical (unpaired) electrons. The fourth-order valence-electron chi connectivity index (χ4n) is 4.94. The van der Waals surface area contributed by atoms with Gasteiger partial charge in [-0.1, -0.05) is 48.0 Å². The molecule has 0 amide bonds. The van der Waals surface area contributed by atoms with Crippen LogP contribution in [-0.2, 0) is 0 Å². The molecule has 3 heteroatoms. The van der Waals surface area contributed by atoms with Gasteiger partial charge in [0, 0.05) is 57.0 Å². The van der Waals surface area contributed by atoms with Crippen molar-refractivity contribution in [3.63, 3.8) is 0 Å². The normalized spacial score (nSPS) is 21.0. The lowest BCUT2D eigenvalue weighted by Crippen LogP contribution is -2.53. The van der Waals surface area contributed by atoms with Crippen LogP contribution in [0, 0.1) is 13.8 Å². The number of aryl methyl sites for hydroxylation is 2. The summed E-state index contributed by atoms with van der Waals surface area (Å²) in [6, 6.07) is 19.2. The zero-order valence-electron chi connectivity index (χ0n) is 17.8. The predicted molar refractivity (Wildman–Crippen MR) is 119 cm³/mol. The summed E-state index contributed by atoms with van der Waals surface area (Å²) in [6.45, 7) is 13.9. The first-order chi connectivity index (χ1) is 13.6. The standard InChI is InChI=1S/C25H35N3/c1-20-8-10-23(11-9-20)22(3)26-14-12-24(13-15-26)27-16-18-28(19-17-27)25-7-5-4-6-21(25)2/h4-11,22,24H,12-19H2,1-3H3. The van der Waals surface area contributed by atoms with E-state index in [1.807, 2.05) is 0 Å². The van der Waals surface area contributed by atoms with Gasteiger partial charge in [-0.2, -0.15) is 0 Å². The predicted octanol–water partition coefficient (Wildman–Crippen LogP) is 4.65. The highest BCUT2D eigenvalue weighted by Gasteiger charge is 2.29. The molecular formula is C25H35N3. The summed E-state index contributed by atoms with van der Waals surface area (Å²) in [5, 5.41) is 0. The molecule has 2 heterocycles. The van der Waals surface area contributed by atoms with Gasteiger partial charge in [0.05, 0.1) is 0 Å². The molecule has 4 rings (SSSR count). The SMILES string of the molecule is Cc1ccc(C(C)N2CCC(N3CCN(c4ccccc4C)CC3)CC2)cc1. The maximum Gasteiger partial charge on any atom is 0.0396 e. The Bertz CT molecular complexity index is 754. The first-order valence-electron chi connectivity index (χ1n) is 11.0. The summed E-state index contributed by atoms with van der Waals surface area (Å²) in [4.78, 5) is 7.99. The largest absolute Gasteiger partial charge is 0.369 e. The van der Waals surface area contributed by atoms with Crippen molar-refractivity contribution in [3.05, 3.63) is 65.2 Å². The van der Waals surface area contributed by atoms with E-state index in [1.54, 1.807) is 0 Å². The fraction of sp³-hybridized carbons (Fsp3) is 0.520. The molecule has 150 valence electrons. The highest BCUT2D eigenvalue weighted by Crippen LogP contribution is 2.28. The van der Waals surface area contributed by atoms with Gasteiger partial charge in [-0.05, 0) is 50.8 Å². The molecular weight excluding hydrogens is 342 g/mol. The molecule has 1 atom stereocenters. The maximum atomic E-state index is 2.75. The molecule has 28 heavy (non-hydrogen) atoms. The van der Waals surface area contributed by atoms with Gasteiger partial charge in [-0.3, -0.25) is 9.80 Å². The molecule has 0 spiro atoms. The van der Waals surface area contributed by atoms with E-state index in [2.05, 4.69) is 84.0 Å².